The Labute approximate surface area is 160 Å². The highest BCUT2D eigenvalue weighted by molar-refractivity contribution is 7.92. The predicted octanol–water partition coefficient (Wildman–Crippen LogP) is 5.16. The van der Waals surface area contributed by atoms with Crippen LogP contribution in [0.1, 0.15) is 58.4 Å². The maximum Gasteiger partial charge on any atom is 0.416 e. The first-order chi connectivity index (χ1) is 12.5. The number of halogens is 3. The molecule has 1 aromatic rings. The third kappa shape index (κ3) is 5.47. The smallest absolute Gasteiger partial charge is 0.303 e. The molecule has 0 bridgehead atoms. The third-order valence-electron chi connectivity index (χ3n) is 5.63. The number of rotatable bonds is 7. The van der Waals surface area contributed by atoms with Gasteiger partial charge < -0.3 is 4.90 Å². The number of likely N-dealkylation sites (tertiary alicyclic amines) is 1. The van der Waals surface area contributed by atoms with E-state index in [4.69, 9.17) is 0 Å². The molecule has 2 rings (SSSR count). The molecule has 3 nitrogen and oxygen atoms in total. The lowest BCUT2D eigenvalue weighted by Crippen LogP contribution is -2.37. The molecule has 1 aliphatic heterocycles. The largest absolute Gasteiger partial charge is 0.416 e. The Balaban J connectivity index is 2.04. The highest BCUT2D eigenvalue weighted by atomic mass is 32.2. The molecule has 154 valence electrons. The summed E-state index contributed by atoms with van der Waals surface area (Å²) in [6.45, 7) is 8.33. The summed E-state index contributed by atoms with van der Waals surface area (Å²) >= 11 is 0. The van der Waals surface area contributed by atoms with Crippen LogP contribution in [0.15, 0.2) is 29.2 Å². The number of hydrogen-bond donors (Lipinski definition) is 0. The van der Waals surface area contributed by atoms with Gasteiger partial charge in [0.25, 0.3) is 0 Å². The van der Waals surface area contributed by atoms with Gasteiger partial charge in [0.2, 0.25) is 0 Å². The number of piperidine rings is 1. The van der Waals surface area contributed by atoms with Crippen LogP contribution in [0.2, 0.25) is 0 Å². The van der Waals surface area contributed by atoms with Crippen molar-refractivity contribution in [2.45, 2.75) is 68.7 Å². The Bertz CT molecular complexity index is 729. The lowest BCUT2D eigenvalue weighted by Gasteiger charge is -2.33. The van der Waals surface area contributed by atoms with E-state index in [1.54, 1.807) is 13.8 Å². The van der Waals surface area contributed by atoms with Crippen LogP contribution >= 0.6 is 0 Å². The molecule has 0 N–H and O–H groups in total. The standard InChI is InChI=1S/C20H30F3NO2S/c1-4-16-8-6-12-24(15-16)13-7-11-19(2,3)27(25,26)18-10-5-9-17(14-18)20(21,22)23/h5,9-10,14,16H,4,6-8,11-13,15H2,1-3H3. The fraction of sp³-hybridized carbons (Fsp3) is 0.700. The van der Waals surface area contributed by atoms with E-state index in [2.05, 4.69) is 11.8 Å². The first-order valence-corrected chi connectivity index (χ1v) is 11.1. The number of alkyl halides is 3. The lowest BCUT2D eigenvalue weighted by molar-refractivity contribution is -0.137. The Hall–Kier alpha value is -1.08. The summed E-state index contributed by atoms with van der Waals surface area (Å²) < 4.78 is 63.5. The topological polar surface area (TPSA) is 37.4 Å². The molecular weight excluding hydrogens is 375 g/mol. The molecular formula is C20H30F3NO2S. The van der Waals surface area contributed by atoms with E-state index in [0.717, 1.165) is 44.3 Å². The second-order valence-electron chi connectivity index (χ2n) is 8.11. The van der Waals surface area contributed by atoms with Gasteiger partial charge in [-0.15, -0.1) is 0 Å². The molecule has 1 aromatic carbocycles. The monoisotopic (exact) mass is 405 g/mol. The van der Waals surface area contributed by atoms with Gasteiger partial charge >= 0.3 is 6.18 Å². The molecule has 1 atom stereocenters. The molecule has 1 saturated heterocycles. The van der Waals surface area contributed by atoms with Gasteiger partial charge in [0, 0.05) is 6.54 Å². The zero-order chi connectivity index (χ0) is 20.3. The Morgan fingerprint density at radius 2 is 1.93 bits per heavy atom. The van der Waals surface area contributed by atoms with Crippen LogP contribution in [-0.4, -0.2) is 37.7 Å². The van der Waals surface area contributed by atoms with Gasteiger partial charge in [0.1, 0.15) is 0 Å². The van der Waals surface area contributed by atoms with Crippen molar-refractivity contribution in [1.29, 1.82) is 0 Å². The van der Waals surface area contributed by atoms with Crippen molar-refractivity contribution in [3.8, 4) is 0 Å². The summed E-state index contributed by atoms with van der Waals surface area (Å²) in [5, 5.41) is 0. The van der Waals surface area contributed by atoms with Crippen molar-refractivity contribution in [3.63, 3.8) is 0 Å². The average molecular weight is 406 g/mol. The fourth-order valence-electron chi connectivity index (χ4n) is 3.71. The molecule has 7 heteroatoms. The quantitative estimate of drug-likeness (QED) is 0.629. The van der Waals surface area contributed by atoms with Crippen LogP contribution in [0, 0.1) is 5.92 Å². The van der Waals surface area contributed by atoms with E-state index in [9.17, 15) is 21.6 Å². The number of sulfone groups is 1. The van der Waals surface area contributed by atoms with E-state index in [0.29, 0.717) is 18.8 Å². The number of nitrogens with zero attached hydrogens (tertiary/aromatic N) is 1. The van der Waals surface area contributed by atoms with Crippen molar-refractivity contribution >= 4 is 9.84 Å². The zero-order valence-electron chi connectivity index (χ0n) is 16.3. The Morgan fingerprint density at radius 3 is 2.56 bits per heavy atom. The lowest BCUT2D eigenvalue weighted by atomic mass is 9.95. The molecule has 0 aromatic heterocycles. The summed E-state index contributed by atoms with van der Waals surface area (Å²) in [7, 11) is -3.86. The minimum Gasteiger partial charge on any atom is -0.303 e. The van der Waals surface area contributed by atoms with Gasteiger partial charge in [-0.2, -0.15) is 13.2 Å². The van der Waals surface area contributed by atoms with E-state index in [-0.39, 0.29) is 4.90 Å². The van der Waals surface area contributed by atoms with E-state index in [1.807, 2.05) is 0 Å². The summed E-state index contributed by atoms with van der Waals surface area (Å²) in [5.74, 6) is 0.709. The maximum absolute atomic E-state index is 12.9. The van der Waals surface area contributed by atoms with Gasteiger partial charge in [-0.05, 0) is 76.7 Å². The van der Waals surface area contributed by atoms with Crippen molar-refractivity contribution in [3.05, 3.63) is 29.8 Å². The fourth-order valence-corrected chi connectivity index (χ4v) is 5.30. The molecule has 0 aliphatic carbocycles. The Morgan fingerprint density at radius 1 is 1.22 bits per heavy atom. The van der Waals surface area contributed by atoms with Crippen molar-refractivity contribution in [2.24, 2.45) is 5.92 Å². The molecule has 27 heavy (non-hydrogen) atoms. The molecule has 1 aliphatic rings. The second kappa shape index (κ2) is 8.52. The molecule has 0 amide bonds. The molecule has 1 heterocycles. The minimum atomic E-state index is -4.56. The molecule has 0 saturated carbocycles. The minimum absolute atomic E-state index is 0.258. The summed E-state index contributed by atoms with van der Waals surface area (Å²) in [4.78, 5) is 2.12. The van der Waals surface area contributed by atoms with Crippen LogP contribution in [0.3, 0.4) is 0 Å². The van der Waals surface area contributed by atoms with Gasteiger partial charge in [-0.25, -0.2) is 8.42 Å². The average Bonchev–Trinajstić information content (AvgIpc) is 2.61. The predicted molar refractivity (Wildman–Crippen MR) is 101 cm³/mol. The van der Waals surface area contributed by atoms with Crippen molar-refractivity contribution in [1.82, 2.24) is 4.90 Å². The summed E-state index contributed by atoms with van der Waals surface area (Å²) in [6, 6.07) is 4.05. The van der Waals surface area contributed by atoms with E-state index < -0.39 is 26.3 Å². The van der Waals surface area contributed by atoms with Gasteiger partial charge in [0.05, 0.1) is 15.2 Å². The van der Waals surface area contributed by atoms with Crippen LogP contribution < -0.4 is 0 Å². The SMILES string of the molecule is CCC1CCCN(CCCC(C)(C)S(=O)(=O)c2cccc(C(F)(F)F)c2)C1. The van der Waals surface area contributed by atoms with Gasteiger partial charge in [-0.1, -0.05) is 19.4 Å². The zero-order valence-corrected chi connectivity index (χ0v) is 17.2. The first-order valence-electron chi connectivity index (χ1n) is 9.61. The second-order valence-corrected chi connectivity index (χ2v) is 10.7. The highest BCUT2D eigenvalue weighted by Gasteiger charge is 2.37. The first kappa shape index (κ1) is 22.2. The van der Waals surface area contributed by atoms with Crippen LogP contribution in [0.4, 0.5) is 13.2 Å². The van der Waals surface area contributed by atoms with Gasteiger partial charge in [0.15, 0.2) is 9.84 Å². The van der Waals surface area contributed by atoms with Crippen LogP contribution in [0.25, 0.3) is 0 Å². The molecule has 1 fully saturated rings. The normalized spacial score (nSPS) is 20.0. The van der Waals surface area contributed by atoms with Crippen LogP contribution in [-0.2, 0) is 16.0 Å². The maximum atomic E-state index is 12.9. The molecule has 0 radical (unpaired) electrons. The van der Waals surface area contributed by atoms with Crippen molar-refractivity contribution < 1.29 is 21.6 Å². The summed E-state index contributed by atoms with van der Waals surface area (Å²) in [6.07, 6.45) is 0.152. The molecule has 1 unspecified atom stereocenters. The third-order valence-corrected chi connectivity index (χ3v) is 8.17. The Kier molecular flexibility index (Phi) is 7.01. The summed E-state index contributed by atoms with van der Waals surface area (Å²) in [5.41, 5.74) is -0.932. The van der Waals surface area contributed by atoms with Crippen LogP contribution in [0.5, 0.6) is 0 Å². The van der Waals surface area contributed by atoms with Crippen molar-refractivity contribution in [2.75, 3.05) is 19.6 Å². The van der Waals surface area contributed by atoms with E-state index in [1.165, 1.54) is 18.9 Å². The number of hydrogen-bond acceptors (Lipinski definition) is 3. The highest BCUT2D eigenvalue weighted by Crippen LogP contribution is 2.34. The molecule has 0 spiro atoms. The van der Waals surface area contributed by atoms with E-state index >= 15 is 0 Å². The number of benzene rings is 1. The van der Waals surface area contributed by atoms with Gasteiger partial charge in [-0.3, -0.25) is 0 Å².